The zero-order valence-corrected chi connectivity index (χ0v) is 10.2. The van der Waals surface area contributed by atoms with Gasteiger partial charge in [0, 0.05) is 0 Å². The lowest BCUT2D eigenvalue weighted by Crippen LogP contribution is -2.32. The second-order valence-corrected chi connectivity index (χ2v) is 4.12. The minimum Gasteiger partial charge on any atom is -0.372 e. The number of nitrogens with two attached hydrogens (primary N) is 1. The van der Waals surface area contributed by atoms with Crippen molar-refractivity contribution < 1.29 is 4.74 Å². The monoisotopic (exact) mass is 227 g/mol. The quantitative estimate of drug-likeness (QED) is 0.740. The van der Waals surface area contributed by atoms with Crippen LogP contribution in [0.15, 0.2) is 12.1 Å². The topological polar surface area (TPSA) is 35.2 Å². The van der Waals surface area contributed by atoms with E-state index in [9.17, 15) is 0 Å². The minimum atomic E-state index is 0. The molecule has 2 N–H and O–H groups in total. The van der Waals surface area contributed by atoms with E-state index < -0.39 is 0 Å². The molecule has 0 radical (unpaired) electrons. The van der Waals surface area contributed by atoms with E-state index in [1.54, 1.807) is 0 Å². The molecule has 0 unspecified atom stereocenters. The third-order valence-electron chi connectivity index (χ3n) is 3.22. The van der Waals surface area contributed by atoms with Crippen LogP contribution in [0.3, 0.4) is 0 Å². The summed E-state index contributed by atoms with van der Waals surface area (Å²) >= 11 is 0. The normalized spacial score (nSPS) is 24.3. The summed E-state index contributed by atoms with van der Waals surface area (Å²) in [5.41, 5.74) is 11.3. The Morgan fingerprint density at radius 1 is 1.33 bits per heavy atom. The molecule has 0 bridgehead atoms. The van der Waals surface area contributed by atoms with Crippen LogP contribution in [0.5, 0.6) is 0 Å². The van der Waals surface area contributed by atoms with Crippen LogP contribution in [0.1, 0.15) is 35.2 Å². The molecule has 0 fully saturated rings. The van der Waals surface area contributed by atoms with Gasteiger partial charge in [-0.1, -0.05) is 12.1 Å². The molecule has 0 saturated carbocycles. The van der Waals surface area contributed by atoms with Gasteiger partial charge in [-0.2, -0.15) is 0 Å². The average Bonchev–Trinajstić information content (AvgIpc) is 2.17. The fourth-order valence-corrected chi connectivity index (χ4v) is 2.04. The maximum atomic E-state index is 6.13. The van der Waals surface area contributed by atoms with Crippen molar-refractivity contribution in [2.75, 3.05) is 0 Å². The molecule has 1 aromatic rings. The van der Waals surface area contributed by atoms with Gasteiger partial charge >= 0.3 is 0 Å². The van der Waals surface area contributed by atoms with Gasteiger partial charge in [-0.05, 0) is 43.0 Å². The van der Waals surface area contributed by atoms with Crippen molar-refractivity contribution in [1.82, 2.24) is 0 Å². The second-order valence-electron chi connectivity index (χ2n) is 4.12. The van der Waals surface area contributed by atoms with Crippen LogP contribution in [0, 0.1) is 13.8 Å². The first-order valence-corrected chi connectivity index (χ1v) is 5.07. The molecule has 1 aliphatic heterocycles. The Labute approximate surface area is 97.2 Å². The molecule has 2 nitrogen and oxygen atoms in total. The van der Waals surface area contributed by atoms with E-state index in [4.69, 9.17) is 10.5 Å². The van der Waals surface area contributed by atoms with Gasteiger partial charge < -0.3 is 10.5 Å². The van der Waals surface area contributed by atoms with Gasteiger partial charge in [0.2, 0.25) is 0 Å². The summed E-state index contributed by atoms with van der Waals surface area (Å²) in [6, 6.07) is 4.29. The molecule has 84 valence electrons. The van der Waals surface area contributed by atoms with Crippen LogP contribution in [-0.4, -0.2) is 6.10 Å². The van der Waals surface area contributed by atoms with Gasteiger partial charge in [-0.25, -0.2) is 0 Å². The Balaban J connectivity index is 0.00000112. The Morgan fingerprint density at radius 3 is 2.67 bits per heavy atom. The Hall–Kier alpha value is -0.570. The van der Waals surface area contributed by atoms with Crippen molar-refractivity contribution in [3.63, 3.8) is 0 Å². The van der Waals surface area contributed by atoms with Crippen LogP contribution in [-0.2, 0) is 11.3 Å². The highest BCUT2D eigenvalue weighted by atomic mass is 35.5. The lowest BCUT2D eigenvalue weighted by molar-refractivity contribution is 0.0211. The fourth-order valence-electron chi connectivity index (χ4n) is 2.04. The zero-order valence-electron chi connectivity index (χ0n) is 9.41. The summed E-state index contributed by atoms with van der Waals surface area (Å²) in [4.78, 5) is 0. The summed E-state index contributed by atoms with van der Waals surface area (Å²) in [6.45, 7) is 7.01. The van der Waals surface area contributed by atoms with E-state index in [0.29, 0.717) is 6.61 Å². The largest absolute Gasteiger partial charge is 0.372 e. The number of aryl methyl sites for hydroxylation is 1. The predicted molar refractivity (Wildman–Crippen MR) is 64.3 cm³/mol. The lowest BCUT2D eigenvalue weighted by atomic mass is 9.89. The van der Waals surface area contributed by atoms with Crippen molar-refractivity contribution in [3.8, 4) is 0 Å². The number of benzene rings is 1. The highest BCUT2D eigenvalue weighted by Gasteiger charge is 2.25. The van der Waals surface area contributed by atoms with Crippen LogP contribution in [0.2, 0.25) is 0 Å². The van der Waals surface area contributed by atoms with Crippen molar-refractivity contribution in [2.45, 2.75) is 39.5 Å². The van der Waals surface area contributed by atoms with Gasteiger partial charge in [-0.15, -0.1) is 12.4 Å². The summed E-state index contributed by atoms with van der Waals surface area (Å²) in [5.74, 6) is 0. The van der Waals surface area contributed by atoms with E-state index in [-0.39, 0.29) is 24.6 Å². The minimum absolute atomic E-state index is 0. The van der Waals surface area contributed by atoms with Crippen LogP contribution in [0.25, 0.3) is 0 Å². The lowest BCUT2D eigenvalue weighted by Gasteiger charge is -2.30. The fraction of sp³-hybridized carbons (Fsp3) is 0.500. The second kappa shape index (κ2) is 4.52. The first-order chi connectivity index (χ1) is 6.61. The third kappa shape index (κ3) is 2.03. The molecule has 3 heteroatoms. The van der Waals surface area contributed by atoms with Gasteiger partial charge in [-0.3, -0.25) is 0 Å². The summed E-state index contributed by atoms with van der Waals surface area (Å²) in [7, 11) is 0. The van der Waals surface area contributed by atoms with E-state index in [1.807, 2.05) is 6.92 Å². The standard InChI is InChI=1S/C12H17NO.ClH/c1-7-4-5-10-6-14-9(3)12(13)11(10)8(7)2;/h4-5,9,12H,6,13H2,1-3H3;1H/t9-,12-;/m1./s1. The molecule has 15 heavy (non-hydrogen) atoms. The Bertz CT molecular complexity index is 365. The Kier molecular flexibility index (Phi) is 3.77. The first kappa shape index (κ1) is 12.5. The summed E-state index contributed by atoms with van der Waals surface area (Å²) < 4.78 is 5.59. The average molecular weight is 228 g/mol. The van der Waals surface area contributed by atoms with Crippen LogP contribution in [0.4, 0.5) is 0 Å². The van der Waals surface area contributed by atoms with Crippen molar-refractivity contribution in [1.29, 1.82) is 0 Å². The van der Waals surface area contributed by atoms with Gasteiger partial charge in [0.15, 0.2) is 0 Å². The molecule has 0 amide bonds. The van der Waals surface area contributed by atoms with Crippen LogP contribution < -0.4 is 5.73 Å². The van der Waals surface area contributed by atoms with E-state index in [1.165, 1.54) is 22.3 Å². The third-order valence-corrected chi connectivity index (χ3v) is 3.22. The molecule has 2 rings (SSSR count). The molecular formula is C12H18ClNO. The van der Waals surface area contributed by atoms with Gasteiger partial charge in [0.25, 0.3) is 0 Å². The summed E-state index contributed by atoms with van der Waals surface area (Å²) in [5, 5.41) is 0. The number of halogens is 1. The highest BCUT2D eigenvalue weighted by molar-refractivity contribution is 5.85. The van der Waals surface area contributed by atoms with E-state index >= 15 is 0 Å². The van der Waals surface area contributed by atoms with Crippen molar-refractivity contribution in [3.05, 3.63) is 34.4 Å². The number of hydrogen-bond acceptors (Lipinski definition) is 2. The van der Waals surface area contributed by atoms with E-state index in [0.717, 1.165) is 0 Å². The maximum absolute atomic E-state index is 6.13. The van der Waals surface area contributed by atoms with Crippen LogP contribution >= 0.6 is 12.4 Å². The molecule has 1 heterocycles. The number of fused-ring (bicyclic) bond motifs is 1. The number of rotatable bonds is 0. The Morgan fingerprint density at radius 2 is 2.00 bits per heavy atom. The van der Waals surface area contributed by atoms with Gasteiger partial charge in [0.1, 0.15) is 0 Å². The molecule has 0 saturated heterocycles. The SMILES string of the molecule is Cc1ccc2c(c1C)[C@H](N)[C@@H](C)OC2.Cl. The first-order valence-electron chi connectivity index (χ1n) is 5.07. The highest BCUT2D eigenvalue weighted by Crippen LogP contribution is 2.31. The maximum Gasteiger partial charge on any atom is 0.0744 e. The zero-order chi connectivity index (χ0) is 10.3. The van der Waals surface area contributed by atoms with E-state index in [2.05, 4.69) is 26.0 Å². The molecule has 0 spiro atoms. The summed E-state index contributed by atoms with van der Waals surface area (Å²) in [6.07, 6.45) is 0.128. The molecule has 0 aliphatic carbocycles. The van der Waals surface area contributed by atoms with Gasteiger partial charge in [0.05, 0.1) is 18.8 Å². The molecule has 1 aromatic carbocycles. The smallest absolute Gasteiger partial charge is 0.0744 e. The molecule has 1 aliphatic rings. The number of ether oxygens (including phenoxy) is 1. The molecule has 2 atom stereocenters. The molecule has 0 aromatic heterocycles. The molecular weight excluding hydrogens is 210 g/mol. The number of hydrogen-bond donors (Lipinski definition) is 1. The predicted octanol–water partition coefficient (Wildman–Crippen LogP) is 2.64. The van der Waals surface area contributed by atoms with Crippen molar-refractivity contribution >= 4 is 12.4 Å². The van der Waals surface area contributed by atoms with Crippen molar-refractivity contribution in [2.24, 2.45) is 5.73 Å².